The Kier molecular flexibility index (Phi) is 6.47. The minimum absolute atomic E-state index is 0.0423. The fourth-order valence-electron chi connectivity index (χ4n) is 2.77. The van der Waals surface area contributed by atoms with E-state index in [1.54, 1.807) is 55.5 Å². The van der Waals surface area contributed by atoms with Crippen LogP contribution in [-0.4, -0.2) is 20.9 Å². The highest BCUT2D eigenvalue weighted by molar-refractivity contribution is 7.92. The molecule has 3 aromatic rings. The van der Waals surface area contributed by atoms with E-state index in [0.717, 1.165) is 9.87 Å². The molecule has 0 radical (unpaired) electrons. The Hall–Kier alpha value is -2.54. The first-order valence-corrected chi connectivity index (χ1v) is 10.9. The highest BCUT2D eigenvalue weighted by Gasteiger charge is 2.28. The summed E-state index contributed by atoms with van der Waals surface area (Å²) in [6, 6.07) is 19.4. The molecule has 150 valence electrons. The van der Waals surface area contributed by atoms with Crippen LogP contribution in [0, 0.1) is 6.92 Å². The number of rotatable bonds is 6. The average molecular weight is 449 g/mol. The van der Waals surface area contributed by atoms with Crippen LogP contribution in [0.4, 0.5) is 11.4 Å². The van der Waals surface area contributed by atoms with Gasteiger partial charge in [0.2, 0.25) is 5.91 Å². The molecule has 0 unspecified atom stereocenters. The van der Waals surface area contributed by atoms with Gasteiger partial charge in [0.05, 0.1) is 10.6 Å². The van der Waals surface area contributed by atoms with Gasteiger partial charge < -0.3 is 5.32 Å². The van der Waals surface area contributed by atoms with Crippen LogP contribution in [0.5, 0.6) is 0 Å². The second kappa shape index (κ2) is 8.86. The maximum Gasteiger partial charge on any atom is 0.264 e. The SMILES string of the molecule is Cc1ccccc1N(CC(=O)Nc1cccc(Cl)c1)S(=O)(=O)c1ccc(Cl)cc1. The molecule has 0 saturated heterocycles. The van der Waals surface area contributed by atoms with Crippen molar-refractivity contribution < 1.29 is 13.2 Å². The number of benzene rings is 3. The van der Waals surface area contributed by atoms with Crippen molar-refractivity contribution in [3.63, 3.8) is 0 Å². The normalized spacial score (nSPS) is 11.1. The summed E-state index contributed by atoms with van der Waals surface area (Å²) < 4.78 is 27.7. The zero-order valence-corrected chi connectivity index (χ0v) is 17.8. The molecule has 0 aliphatic carbocycles. The number of amides is 1. The topological polar surface area (TPSA) is 66.5 Å². The van der Waals surface area contributed by atoms with Gasteiger partial charge in [0.15, 0.2) is 0 Å². The largest absolute Gasteiger partial charge is 0.324 e. The molecule has 0 aliphatic rings. The number of aryl methyl sites for hydroxylation is 1. The van der Waals surface area contributed by atoms with Crippen molar-refractivity contribution in [3.8, 4) is 0 Å². The maximum absolute atomic E-state index is 13.3. The Morgan fingerprint density at radius 3 is 2.28 bits per heavy atom. The summed E-state index contributed by atoms with van der Waals surface area (Å²) in [4.78, 5) is 12.7. The molecule has 0 aliphatic heterocycles. The Balaban J connectivity index is 1.96. The molecule has 0 heterocycles. The number of para-hydroxylation sites is 1. The molecule has 0 fully saturated rings. The summed E-state index contributed by atoms with van der Waals surface area (Å²) in [5.74, 6) is -0.493. The Morgan fingerprint density at radius 1 is 0.931 bits per heavy atom. The summed E-state index contributed by atoms with van der Waals surface area (Å²) in [5, 5.41) is 3.57. The van der Waals surface area contributed by atoms with Gasteiger partial charge in [-0.15, -0.1) is 0 Å². The van der Waals surface area contributed by atoms with Crippen LogP contribution in [0.3, 0.4) is 0 Å². The molecule has 3 aromatic carbocycles. The van der Waals surface area contributed by atoms with Crippen molar-refractivity contribution in [2.45, 2.75) is 11.8 Å². The van der Waals surface area contributed by atoms with Gasteiger partial charge in [0.25, 0.3) is 10.0 Å². The number of halogens is 2. The molecule has 29 heavy (non-hydrogen) atoms. The van der Waals surface area contributed by atoms with Gasteiger partial charge in [-0.25, -0.2) is 8.42 Å². The average Bonchev–Trinajstić information content (AvgIpc) is 2.67. The lowest BCUT2D eigenvalue weighted by Gasteiger charge is -2.25. The molecule has 0 spiro atoms. The summed E-state index contributed by atoms with van der Waals surface area (Å²) in [7, 11) is -4.00. The second-order valence-corrected chi connectivity index (χ2v) is 9.05. The summed E-state index contributed by atoms with van der Waals surface area (Å²) in [6.45, 7) is 1.39. The van der Waals surface area contributed by atoms with Crippen LogP contribution < -0.4 is 9.62 Å². The monoisotopic (exact) mass is 448 g/mol. The zero-order valence-electron chi connectivity index (χ0n) is 15.5. The molecule has 1 amide bonds. The van der Waals surface area contributed by atoms with E-state index < -0.39 is 22.5 Å². The molecule has 3 rings (SSSR count). The highest BCUT2D eigenvalue weighted by atomic mass is 35.5. The van der Waals surface area contributed by atoms with E-state index in [0.29, 0.717) is 21.4 Å². The fraction of sp³-hybridized carbons (Fsp3) is 0.0952. The van der Waals surface area contributed by atoms with Gasteiger partial charge >= 0.3 is 0 Å². The summed E-state index contributed by atoms with van der Waals surface area (Å²) in [6.07, 6.45) is 0. The van der Waals surface area contributed by atoms with E-state index in [2.05, 4.69) is 5.32 Å². The lowest BCUT2D eigenvalue weighted by atomic mass is 10.2. The molecular weight excluding hydrogens is 431 g/mol. The van der Waals surface area contributed by atoms with Crippen molar-refractivity contribution in [1.82, 2.24) is 0 Å². The van der Waals surface area contributed by atoms with Crippen LogP contribution >= 0.6 is 23.2 Å². The Labute approximate surface area is 179 Å². The second-order valence-electron chi connectivity index (χ2n) is 6.31. The molecule has 8 heteroatoms. The quantitative estimate of drug-likeness (QED) is 0.567. The van der Waals surface area contributed by atoms with E-state index in [1.165, 1.54) is 24.3 Å². The number of anilines is 2. The van der Waals surface area contributed by atoms with Gasteiger partial charge in [0, 0.05) is 15.7 Å². The predicted octanol–water partition coefficient (Wildman–Crippen LogP) is 5.14. The Bertz CT molecular complexity index is 1130. The first-order valence-electron chi connectivity index (χ1n) is 8.67. The smallest absolute Gasteiger partial charge is 0.264 e. The third kappa shape index (κ3) is 5.09. The number of carbonyl (C=O) groups excluding carboxylic acids is 1. The standard InChI is InChI=1S/C21H18Cl2N2O3S/c1-15-5-2-3-8-20(15)25(29(27,28)19-11-9-16(22)10-12-19)14-21(26)24-18-7-4-6-17(23)13-18/h2-13H,14H2,1H3,(H,24,26). The lowest BCUT2D eigenvalue weighted by molar-refractivity contribution is -0.114. The van der Waals surface area contributed by atoms with Crippen molar-refractivity contribution in [2.24, 2.45) is 0 Å². The molecule has 0 bridgehead atoms. The number of hydrogen-bond donors (Lipinski definition) is 1. The third-order valence-corrected chi connectivity index (χ3v) is 6.44. The highest BCUT2D eigenvalue weighted by Crippen LogP contribution is 2.27. The number of hydrogen-bond acceptors (Lipinski definition) is 3. The molecule has 5 nitrogen and oxygen atoms in total. The van der Waals surface area contributed by atoms with E-state index in [-0.39, 0.29) is 4.90 Å². The molecule has 0 atom stereocenters. The van der Waals surface area contributed by atoms with E-state index in [1.807, 2.05) is 0 Å². The maximum atomic E-state index is 13.3. The van der Waals surface area contributed by atoms with Gasteiger partial charge in [-0.1, -0.05) is 47.5 Å². The van der Waals surface area contributed by atoms with Crippen molar-refractivity contribution >= 4 is 50.5 Å². The minimum atomic E-state index is -4.00. The minimum Gasteiger partial charge on any atom is -0.324 e. The van der Waals surface area contributed by atoms with Crippen LogP contribution in [0.1, 0.15) is 5.56 Å². The van der Waals surface area contributed by atoms with Crippen molar-refractivity contribution in [2.75, 3.05) is 16.2 Å². The number of carbonyl (C=O) groups is 1. The number of nitrogens with one attached hydrogen (secondary N) is 1. The van der Waals surface area contributed by atoms with Crippen molar-refractivity contribution in [3.05, 3.63) is 88.4 Å². The summed E-state index contributed by atoms with van der Waals surface area (Å²) >= 11 is 11.8. The molecule has 0 aromatic heterocycles. The Morgan fingerprint density at radius 2 is 1.62 bits per heavy atom. The number of nitrogens with zero attached hydrogens (tertiary/aromatic N) is 1. The third-order valence-electron chi connectivity index (χ3n) is 4.18. The zero-order chi connectivity index (χ0) is 21.0. The first kappa shape index (κ1) is 21.2. The van der Waals surface area contributed by atoms with E-state index in [4.69, 9.17) is 23.2 Å². The van der Waals surface area contributed by atoms with Crippen LogP contribution in [-0.2, 0) is 14.8 Å². The van der Waals surface area contributed by atoms with Gasteiger partial charge in [0.1, 0.15) is 6.54 Å². The van der Waals surface area contributed by atoms with E-state index >= 15 is 0 Å². The fourth-order valence-corrected chi connectivity index (χ4v) is 4.58. The van der Waals surface area contributed by atoms with Gasteiger partial charge in [-0.2, -0.15) is 0 Å². The number of sulfonamides is 1. The van der Waals surface area contributed by atoms with E-state index in [9.17, 15) is 13.2 Å². The molecular formula is C21H18Cl2N2O3S. The first-order chi connectivity index (χ1) is 13.8. The predicted molar refractivity (Wildman–Crippen MR) is 117 cm³/mol. The van der Waals surface area contributed by atoms with Gasteiger partial charge in [-0.05, 0) is 61.0 Å². The van der Waals surface area contributed by atoms with Crippen LogP contribution in [0.2, 0.25) is 10.0 Å². The summed E-state index contributed by atoms with van der Waals surface area (Å²) in [5.41, 5.74) is 1.63. The van der Waals surface area contributed by atoms with Crippen molar-refractivity contribution in [1.29, 1.82) is 0 Å². The molecule has 1 N–H and O–H groups in total. The lowest BCUT2D eigenvalue weighted by Crippen LogP contribution is -2.38. The van der Waals surface area contributed by atoms with Crippen LogP contribution in [0.15, 0.2) is 77.7 Å². The van der Waals surface area contributed by atoms with Crippen LogP contribution in [0.25, 0.3) is 0 Å². The molecule has 0 saturated carbocycles. The van der Waals surface area contributed by atoms with Gasteiger partial charge in [-0.3, -0.25) is 9.10 Å².